The number of carbonyl (C=O) groups is 1. The average molecular weight is 422 g/mol. The molecular weight excluding hydrogens is 409 g/mol. The van der Waals surface area contributed by atoms with Crippen LogP contribution >= 0.6 is 23.4 Å². The molecule has 6 nitrogen and oxygen atoms in total. The van der Waals surface area contributed by atoms with E-state index in [4.69, 9.17) is 29.1 Å². The highest BCUT2D eigenvalue weighted by Crippen LogP contribution is 2.33. The Hall–Kier alpha value is -2.61. The van der Waals surface area contributed by atoms with Crippen LogP contribution in [-0.2, 0) is 10.0 Å². The average Bonchev–Trinajstić information content (AvgIpc) is 2.68. The lowest BCUT2D eigenvalue weighted by molar-refractivity contribution is 0.1000. The maximum Gasteiger partial charge on any atom is 0.278 e. The minimum atomic E-state index is -4.06. The lowest BCUT2D eigenvalue weighted by Crippen LogP contribution is -2.21. The summed E-state index contributed by atoms with van der Waals surface area (Å²) in [5, 5.41) is 0.408. The topological polar surface area (TPSA) is 93.4 Å². The summed E-state index contributed by atoms with van der Waals surface area (Å²) in [6, 6.07) is 15.0. The summed E-state index contributed by atoms with van der Waals surface area (Å²) >= 11 is 12.4. The Morgan fingerprint density at radius 1 is 1.04 bits per heavy atom. The van der Waals surface area contributed by atoms with Gasteiger partial charge in [0.15, 0.2) is 0 Å². The largest absolute Gasteiger partial charge is 0.366 e. The SMILES string of the molecule is NC(=O)c1ccc(S(=O)(=O)N(Cl)c2ccc(Cl)c(-c3ccccn3)c2)cc1. The molecule has 138 valence electrons. The number of benzene rings is 2. The molecule has 0 aliphatic carbocycles. The molecule has 0 saturated carbocycles. The third-order valence-electron chi connectivity index (χ3n) is 3.74. The smallest absolute Gasteiger partial charge is 0.278 e. The highest BCUT2D eigenvalue weighted by molar-refractivity contribution is 7.94. The number of hydrogen-bond donors (Lipinski definition) is 1. The minimum Gasteiger partial charge on any atom is -0.366 e. The third-order valence-corrected chi connectivity index (χ3v) is 6.31. The molecule has 0 atom stereocenters. The van der Waals surface area contributed by atoms with Crippen molar-refractivity contribution in [1.82, 2.24) is 4.98 Å². The van der Waals surface area contributed by atoms with Crippen molar-refractivity contribution in [3.63, 3.8) is 0 Å². The zero-order valence-electron chi connectivity index (χ0n) is 13.7. The molecule has 0 unspecified atom stereocenters. The van der Waals surface area contributed by atoms with E-state index in [0.717, 1.165) is 0 Å². The maximum absolute atomic E-state index is 12.8. The van der Waals surface area contributed by atoms with Crippen LogP contribution in [0.3, 0.4) is 0 Å². The van der Waals surface area contributed by atoms with E-state index in [1.54, 1.807) is 30.5 Å². The molecule has 0 aliphatic heterocycles. The van der Waals surface area contributed by atoms with Gasteiger partial charge >= 0.3 is 0 Å². The summed E-state index contributed by atoms with van der Waals surface area (Å²) in [5.74, 6) is -0.653. The van der Waals surface area contributed by atoms with Crippen LogP contribution < -0.4 is 9.56 Å². The van der Waals surface area contributed by atoms with Gasteiger partial charge in [-0.3, -0.25) is 9.78 Å². The minimum absolute atomic E-state index is 0.0863. The predicted octanol–water partition coefficient (Wildman–Crippen LogP) is 3.85. The van der Waals surface area contributed by atoms with Crippen LogP contribution in [-0.4, -0.2) is 19.3 Å². The van der Waals surface area contributed by atoms with Crippen molar-refractivity contribution >= 4 is 45.0 Å². The van der Waals surface area contributed by atoms with Gasteiger partial charge in [0, 0.05) is 29.1 Å². The monoisotopic (exact) mass is 421 g/mol. The lowest BCUT2D eigenvalue weighted by Gasteiger charge is -2.17. The fourth-order valence-corrected chi connectivity index (χ4v) is 3.98. The number of nitrogens with two attached hydrogens (primary N) is 1. The summed E-state index contributed by atoms with van der Waals surface area (Å²) in [5.41, 5.74) is 6.68. The molecule has 0 saturated heterocycles. The van der Waals surface area contributed by atoms with Crippen molar-refractivity contribution in [3.05, 3.63) is 77.4 Å². The van der Waals surface area contributed by atoms with E-state index >= 15 is 0 Å². The first-order valence-electron chi connectivity index (χ1n) is 7.62. The number of pyridine rings is 1. The van der Waals surface area contributed by atoms with E-state index in [9.17, 15) is 13.2 Å². The molecule has 0 spiro atoms. The van der Waals surface area contributed by atoms with Crippen LogP contribution in [0.15, 0.2) is 71.8 Å². The lowest BCUT2D eigenvalue weighted by atomic mass is 10.1. The molecule has 1 heterocycles. The van der Waals surface area contributed by atoms with E-state index in [1.807, 2.05) is 0 Å². The van der Waals surface area contributed by atoms with Crippen molar-refractivity contribution in [2.75, 3.05) is 3.82 Å². The zero-order chi connectivity index (χ0) is 19.6. The number of rotatable bonds is 5. The molecule has 3 aromatic rings. The number of nitrogens with zero attached hydrogens (tertiary/aromatic N) is 2. The van der Waals surface area contributed by atoms with Crippen molar-refractivity contribution in [1.29, 1.82) is 0 Å². The van der Waals surface area contributed by atoms with Crippen molar-refractivity contribution < 1.29 is 13.2 Å². The molecular formula is C18H13Cl2N3O3S. The first kappa shape index (κ1) is 19.2. The Morgan fingerprint density at radius 3 is 2.33 bits per heavy atom. The van der Waals surface area contributed by atoms with E-state index < -0.39 is 15.9 Å². The first-order valence-corrected chi connectivity index (χ1v) is 9.78. The van der Waals surface area contributed by atoms with Gasteiger partial charge in [0.2, 0.25) is 5.91 Å². The number of aromatic nitrogens is 1. The Balaban J connectivity index is 1.99. The molecule has 9 heteroatoms. The Bertz CT molecular complexity index is 1090. The summed E-state index contributed by atoms with van der Waals surface area (Å²) < 4.78 is 26.2. The Labute approximate surface area is 166 Å². The Kier molecular flexibility index (Phi) is 5.36. The van der Waals surface area contributed by atoms with Gasteiger partial charge in [-0.2, -0.15) is 12.2 Å². The molecule has 2 aromatic carbocycles. The molecule has 1 amide bonds. The summed E-state index contributed by atoms with van der Waals surface area (Å²) in [6.07, 6.45) is 1.60. The summed E-state index contributed by atoms with van der Waals surface area (Å²) in [7, 11) is -4.06. The highest BCUT2D eigenvalue weighted by Gasteiger charge is 2.24. The highest BCUT2D eigenvalue weighted by atomic mass is 35.5. The zero-order valence-corrected chi connectivity index (χ0v) is 16.0. The molecule has 3 rings (SSSR count). The van der Waals surface area contributed by atoms with Crippen molar-refractivity contribution in [2.24, 2.45) is 5.73 Å². The van der Waals surface area contributed by atoms with Gasteiger partial charge < -0.3 is 5.73 Å². The van der Waals surface area contributed by atoms with Gasteiger partial charge in [0.05, 0.1) is 21.3 Å². The fourth-order valence-electron chi connectivity index (χ4n) is 2.36. The van der Waals surface area contributed by atoms with E-state index in [-0.39, 0.29) is 16.1 Å². The van der Waals surface area contributed by atoms with Gasteiger partial charge in [-0.25, -0.2) is 0 Å². The number of hydrogen-bond acceptors (Lipinski definition) is 4. The molecule has 0 bridgehead atoms. The van der Waals surface area contributed by atoms with Crippen molar-refractivity contribution in [3.8, 4) is 11.3 Å². The molecule has 1 aromatic heterocycles. The van der Waals surface area contributed by atoms with Crippen LogP contribution in [0.5, 0.6) is 0 Å². The van der Waals surface area contributed by atoms with Crippen LogP contribution in [0.2, 0.25) is 5.02 Å². The van der Waals surface area contributed by atoms with Gasteiger partial charge in [-0.15, -0.1) is 0 Å². The molecule has 0 fully saturated rings. The number of halogens is 2. The van der Waals surface area contributed by atoms with Crippen LogP contribution in [0, 0.1) is 0 Å². The van der Waals surface area contributed by atoms with Crippen LogP contribution in [0.25, 0.3) is 11.3 Å². The quantitative estimate of drug-likeness (QED) is 0.632. The van der Waals surface area contributed by atoms with Gasteiger partial charge in [0.1, 0.15) is 0 Å². The number of amides is 1. The number of carbonyl (C=O) groups excluding carboxylic acids is 1. The second kappa shape index (κ2) is 7.56. The fraction of sp³-hybridized carbons (Fsp3) is 0. The standard InChI is InChI=1S/C18H13Cl2N3O3S/c19-16-9-6-13(11-15(16)17-3-1-2-10-22-17)23(20)27(25,26)14-7-4-12(5-8-14)18(21)24/h1-11H,(H2,21,24). The normalized spacial score (nSPS) is 11.2. The van der Waals surface area contributed by atoms with Gasteiger partial charge in [-0.05, 0) is 54.6 Å². The predicted molar refractivity (Wildman–Crippen MR) is 105 cm³/mol. The van der Waals surface area contributed by atoms with E-state index in [2.05, 4.69) is 4.98 Å². The second-order valence-corrected chi connectivity index (χ2v) is 8.22. The number of sulfonamides is 1. The van der Waals surface area contributed by atoms with Crippen molar-refractivity contribution in [2.45, 2.75) is 4.90 Å². The van der Waals surface area contributed by atoms with Crippen LogP contribution in [0.1, 0.15) is 10.4 Å². The number of anilines is 1. The third kappa shape index (κ3) is 3.90. The summed E-state index contributed by atoms with van der Waals surface area (Å²) in [6.45, 7) is 0. The van der Waals surface area contributed by atoms with E-state index in [0.29, 0.717) is 20.1 Å². The molecule has 27 heavy (non-hydrogen) atoms. The van der Waals surface area contributed by atoms with Crippen LogP contribution in [0.4, 0.5) is 5.69 Å². The van der Waals surface area contributed by atoms with E-state index in [1.165, 1.54) is 36.4 Å². The molecule has 0 aliphatic rings. The first-order chi connectivity index (χ1) is 12.8. The maximum atomic E-state index is 12.8. The van der Waals surface area contributed by atoms with Gasteiger partial charge in [-0.1, -0.05) is 17.7 Å². The molecule has 0 radical (unpaired) electrons. The Morgan fingerprint density at radius 2 is 1.74 bits per heavy atom. The number of primary amides is 1. The molecule has 2 N–H and O–H groups in total. The second-order valence-electron chi connectivity index (χ2n) is 5.49. The summed E-state index contributed by atoms with van der Waals surface area (Å²) in [4.78, 5) is 15.3. The van der Waals surface area contributed by atoms with Gasteiger partial charge in [0.25, 0.3) is 10.0 Å².